The number of carbonyl (C=O) groups is 1. The van der Waals surface area contributed by atoms with Crippen LogP contribution in [-0.4, -0.2) is 33.1 Å². The van der Waals surface area contributed by atoms with Gasteiger partial charge in [0.25, 0.3) is 0 Å². The van der Waals surface area contributed by atoms with Crippen molar-refractivity contribution in [2.24, 2.45) is 0 Å². The van der Waals surface area contributed by atoms with Crippen molar-refractivity contribution in [1.82, 2.24) is 0 Å². The second-order valence-electron chi connectivity index (χ2n) is 3.27. The van der Waals surface area contributed by atoms with Gasteiger partial charge in [0.05, 0.1) is 18.6 Å². The van der Waals surface area contributed by atoms with Crippen LogP contribution in [0.25, 0.3) is 0 Å². The highest BCUT2D eigenvalue weighted by Crippen LogP contribution is 2.25. The number of thiol groups is 1. The van der Waals surface area contributed by atoms with E-state index >= 15 is 0 Å². The molecule has 7 heteroatoms. The van der Waals surface area contributed by atoms with Crippen LogP contribution in [0.4, 0.5) is 5.69 Å². The quantitative estimate of drug-likeness (QED) is 0.636. The van der Waals surface area contributed by atoms with Crippen molar-refractivity contribution in [3.63, 3.8) is 0 Å². The van der Waals surface area contributed by atoms with Crippen LogP contribution in [-0.2, 0) is 21.3 Å². The van der Waals surface area contributed by atoms with Crippen molar-refractivity contribution in [3.05, 3.63) is 23.8 Å². The first-order valence-corrected chi connectivity index (χ1v) is 6.13. The van der Waals surface area contributed by atoms with Crippen LogP contribution in [0.3, 0.4) is 0 Å². The molecule has 0 aliphatic heterocycles. The van der Waals surface area contributed by atoms with E-state index in [1.807, 2.05) is 0 Å². The Morgan fingerprint density at radius 3 is 2.71 bits per heavy atom. The minimum Gasteiger partial charge on any atom is -0.495 e. The highest BCUT2D eigenvalue weighted by molar-refractivity contribution is 7.71. The van der Waals surface area contributed by atoms with E-state index in [0.29, 0.717) is 17.0 Å². The Morgan fingerprint density at radius 2 is 2.18 bits per heavy atom. The number of methoxy groups -OCH3 is 1. The van der Waals surface area contributed by atoms with Crippen LogP contribution in [0.5, 0.6) is 5.75 Å². The van der Waals surface area contributed by atoms with Crippen LogP contribution in [0, 0.1) is 0 Å². The van der Waals surface area contributed by atoms with E-state index < -0.39 is 16.7 Å². The summed E-state index contributed by atoms with van der Waals surface area (Å²) in [5.74, 6) is -0.621. The summed E-state index contributed by atoms with van der Waals surface area (Å²) in [4.78, 5) is 10.4. The SMILES string of the molecule is COc1ccc(C[SH](=O)=O)cc1NCC(=O)O. The molecule has 0 amide bonds. The summed E-state index contributed by atoms with van der Waals surface area (Å²) in [6.45, 7) is -0.261. The number of rotatable bonds is 6. The van der Waals surface area contributed by atoms with Crippen LogP contribution in [0.2, 0.25) is 0 Å². The number of aliphatic carboxylic acids is 1. The molecule has 0 saturated carbocycles. The summed E-state index contributed by atoms with van der Waals surface area (Å²) in [7, 11) is -1.06. The molecule has 0 radical (unpaired) electrons. The minimum atomic E-state index is -2.51. The predicted octanol–water partition coefficient (Wildman–Crippen LogP) is 0.303. The number of hydrogen-bond donors (Lipinski definition) is 3. The highest BCUT2D eigenvalue weighted by Gasteiger charge is 2.06. The zero-order valence-electron chi connectivity index (χ0n) is 9.17. The third kappa shape index (κ3) is 4.31. The lowest BCUT2D eigenvalue weighted by atomic mass is 10.2. The van der Waals surface area contributed by atoms with Gasteiger partial charge in [-0.2, -0.15) is 0 Å². The molecule has 0 saturated heterocycles. The number of anilines is 1. The van der Waals surface area contributed by atoms with Gasteiger partial charge in [-0.25, -0.2) is 8.42 Å². The minimum absolute atomic E-state index is 0.0823. The molecule has 6 nitrogen and oxygen atoms in total. The van der Waals surface area contributed by atoms with Gasteiger partial charge in [0.15, 0.2) is 0 Å². The molecule has 94 valence electrons. The smallest absolute Gasteiger partial charge is 0.322 e. The van der Waals surface area contributed by atoms with Crippen LogP contribution in [0.15, 0.2) is 18.2 Å². The molecule has 0 fully saturated rings. The fraction of sp³-hybridized carbons (Fsp3) is 0.300. The van der Waals surface area contributed by atoms with E-state index in [9.17, 15) is 13.2 Å². The van der Waals surface area contributed by atoms with Crippen LogP contribution < -0.4 is 10.1 Å². The lowest BCUT2D eigenvalue weighted by molar-refractivity contribution is -0.134. The zero-order chi connectivity index (χ0) is 12.8. The number of carboxylic acids is 1. The monoisotopic (exact) mass is 259 g/mol. The fourth-order valence-electron chi connectivity index (χ4n) is 1.31. The van der Waals surface area contributed by atoms with Gasteiger partial charge < -0.3 is 15.2 Å². The van der Waals surface area contributed by atoms with E-state index in [-0.39, 0.29) is 12.3 Å². The van der Waals surface area contributed by atoms with E-state index in [1.165, 1.54) is 7.11 Å². The van der Waals surface area contributed by atoms with Gasteiger partial charge in [0, 0.05) is 0 Å². The summed E-state index contributed by atoms with van der Waals surface area (Å²) in [5.41, 5.74) is 1.04. The first kappa shape index (κ1) is 13.3. The summed E-state index contributed by atoms with van der Waals surface area (Å²) >= 11 is 0. The molecule has 0 heterocycles. The van der Waals surface area contributed by atoms with Crippen molar-refractivity contribution in [2.45, 2.75) is 5.75 Å². The Kier molecular flexibility index (Phi) is 4.77. The number of benzene rings is 1. The van der Waals surface area contributed by atoms with Crippen molar-refractivity contribution >= 4 is 22.4 Å². The van der Waals surface area contributed by atoms with Crippen molar-refractivity contribution in [3.8, 4) is 5.75 Å². The molecule has 17 heavy (non-hydrogen) atoms. The second-order valence-corrected chi connectivity index (χ2v) is 4.25. The molecular formula is C10H13NO5S. The average Bonchev–Trinajstić information content (AvgIpc) is 2.25. The Labute approximate surface area is 100 Å². The van der Waals surface area contributed by atoms with Gasteiger partial charge in [-0.3, -0.25) is 4.79 Å². The fourth-order valence-corrected chi connectivity index (χ4v) is 1.81. The topological polar surface area (TPSA) is 92.7 Å². The largest absolute Gasteiger partial charge is 0.495 e. The molecule has 0 bridgehead atoms. The number of nitrogens with one attached hydrogen (secondary N) is 1. The molecule has 0 spiro atoms. The predicted molar refractivity (Wildman–Crippen MR) is 63.1 cm³/mol. The van der Waals surface area contributed by atoms with Gasteiger partial charge in [-0.05, 0) is 17.7 Å². The molecule has 1 rings (SSSR count). The number of ether oxygens (including phenoxy) is 1. The second kappa shape index (κ2) is 6.09. The van der Waals surface area contributed by atoms with E-state index in [1.54, 1.807) is 18.2 Å². The Bertz CT molecular complexity index is 476. The van der Waals surface area contributed by atoms with E-state index in [4.69, 9.17) is 9.84 Å². The standard InChI is InChI=1S/C10H13NO5S/c1-16-9-3-2-7(6-17(14)15)4-8(9)11-5-10(12)13/h2-4,11,17H,5-6H2,1H3,(H,12,13). The highest BCUT2D eigenvalue weighted by atomic mass is 32.2. The molecule has 0 unspecified atom stereocenters. The van der Waals surface area contributed by atoms with Gasteiger partial charge in [-0.15, -0.1) is 0 Å². The third-order valence-corrected chi connectivity index (χ3v) is 2.63. The molecule has 0 aliphatic rings. The molecule has 2 N–H and O–H groups in total. The molecular weight excluding hydrogens is 246 g/mol. The maximum atomic E-state index is 10.6. The van der Waals surface area contributed by atoms with Gasteiger partial charge in [0.2, 0.25) is 0 Å². The first-order valence-electron chi connectivity index (χ1n) is 4.77. The average molecular weight is 259 g/mol. The summed E-state index contributed by atoms with van der Waals surface area (Å²) in [6.07, 6.45) is 0. The maximum absolute atomic E-state index is 10.6. The molecule has 1 aromatic rings. The normalized spacial score (nSPS) is 10.2. The lowest BCUT2D eigenvalue weighted by Crippen LogP contribution is -2.13. The van der Waals surface area contributed by atoms with E-state index in [2.05, 4.69) is 5.32 Å². The van der Waals surface area contributed by atoms with Crippen molar-refractivity contribution in [1.29, 1.82) is 0 Å². The van der Waals surface area contributed by atoms with Gasteiger partial charge in [-0.1, -0.05) is 6.07 Å². The van der Waals surface area contributed by atoms with Crippen molar-refractivity contribution in [2.75, 3.05) is 19.0 Å². The lowest BCUT2D eigenvalue weighted by Gasteiger charge is -2.10. The Morgan fingerprint density at radius 1 is 1.47 bits per heavy atom. The van der Waals surface area contributed by atoms with Gasteiger partial charge in [0.1, 0.15) is 23.0 Å². The summed E-state index contributed by atoms with van der Waals surface area (Å²) < 4.78 is 26.2. The third-order valence-electron chi connectivity index (χ3n) is 2.01. The summed E-state index contributed by atoms with van der Waals surface area (Å²) in [6, 6.07) is 4.78. The maximum Gasteiger partial charge on any atom is 0.322 e. The van der Waals surface area contributed by atoms with Crippen LogP contribution in [0.1, 0.15) is 5.56 Å². The molecule has 0 aromatic heterocycles. The first-order chi connectivity index (χ1) is 8.02. The number of hydrogen-bond acceptors (Lipinski definition) is 5. The molecule has 1 aromatic carbocycles. The summed E-state index contributed by atoms with van der Waals surface area (Å²) in [5, 5.41) is 11.2. The number of carboxylic acid groups (broad SMARTS) is 1. The zero-order valence-corrected chi connectivity index (χ0v) is 10.1. The van der Waals surface area contributed by atoms with Crippen LogP contribution >= 0.6 is 0 Å². The Balaban J connectivity index is 2.93. The van der Waals surface area contributed by atoms with Crippen molar-refractivity contribution < 1.29 is 23.1 Å². The van der Waals surface area contributed by atoms with E-state index in [0.717, 1.165) is 0 Å². The van der Waals surface area contributed by atoms with Gasteiger partial charge >= 0.3 is 5.97 Å². The Hall–Kier alpha value is -1.76. The molecule has 0 atom stereocenters. The molecule has 0 aliphatic carbocycles.